The summed E-state index contributed by atoms with van der Waals surface area (Å²) in [6.45, 7) is 2.07. The Labute approximate surface area is 82.5 Å². The van der Waals surface area contributed by atoms with Crippen molar-refractivity contribution in [3.63, 3.8) is 0 Å². The SMILES string of the molecule is CC(=NCc1ccccc1O)NC#N. The normalized spacial score (nSPS) is 10.7. The first-order chi connectivity index (χ1) is 6.74. The maximum absolute atomic E-state index is 9.40. The molecular weight excluding hydrogens is 178 g/mol. The molecular formula is C10H11N3O. The highest BCUT2D eigenvalue weighted by molar-refractivity contribution is 5.80. The van der Waals surface area contributed by atoms with Crippen molar-refractivity contribution in [1.29, 1.82) is 5.26 Å². The Morgan fingerprint density at radius 3 is 2.93 bits per heavy atom. The molecule has 0 fully saturated rings. The van der Waals surface area contributed by atoms with Crippen molar-refractivity contribution in [3.05, 3.63) is 29.8 Å². The van der Waals surface area contributed by atoms with Crippen LogP contribution < -0.4 is 5.32 Å². The van der Waals surface area contributed by atoms with Gasteiger partial charge in [0.25, 0.3) is 0 Å². The lowest BCUT2D eigenvalue weighted by molar-refractivity contribution is 0.468. The number of nitrogens with one attached hydrogen (secondary N) is 1. The van der Waals surface area contributed by atoms with E-state index in [2.05, 4.69) is 10.3 Å². The topological polar surface area (TPSA) is 68.4 Å². The van der Waals surface area contributed by atoms with Gasteiger partial charge in [-0.2, -0.15) is 5.26 Å². The Kier molecular flexibility index (Phi) is 3.50. The van der Waals surface area contributed by atoms with Gasteiger partial charge in [-0.05, 0) is 13.0 Å². The maximum atomic E-state index is 9.40. The molecule has 72 valence electrons. The van der Waals surface area contributed by atoms with Crippen molar-refractivity contribution in [3.8, 4) is 11.9 Å². The monoisotopic (exact) mass is 189 g/mol. The molecule has 0 unspecified atom stereocenters. The van der Waals surface area contributed by atoms with E-state index in [1.54, 1.807) is 31.3 Å². The molecule has 0 saturated carbocycles. The van der Waals surface area contributed by atoms with Crippen molar-refractivity contribution >= 4 is 5.84 Å². The summed E-state index contributed by atoms with van der Waals surface area (Å²) in [7, 11) is 0. The van der Waals surface area contributed by atoms with Gasteiger partial charge in [-0.1, -0.05) is 18.2 Å². The second kappa shape index (κ2) is 4.87. The van der Waals surface area contributed by atoms with Gasteiger partial charge in [-0.3, -0.25) is 10.3 Å². The number of nitrogens with zero attached hydrogens (tertiary/aromatic N) is 2. The third-order valence-corrected chi connectivity index (χ3v) is 1.71. The predicted octanol–water partition coefficient (Wildman–Crippen LogP) is 1.38. The molecule has 1 aromatic rings. The highest BCUT2D eigenvalue weighted by Crippen LogP contribution is 2.16. The van der Waals surface area contributed by atoms with Crippen LogP contribution in [-0.4, -0.2) is 10.9 Å². The molecule has 4 heteroatoms. The largest absolute Gasteiger partial charge is 0.508 e. The summed E-state index contributed by atoms with van der Waals surface area (Å²) in [5, 5.41) is 20.1. The lowest BCUT2D eigenvalue weighted by atomic mass is 10.2. The molecule has 1 rings (SSSR count). The molecule has 1 aromatic carbocycles. The summed E-state index contributed by atoms with van der Waals surface area (Å²) >= 11 is 0. The van der Waals surface area contributed by atoms with Crippen LogP contribution in [0.5, 0.6) is 5.75 Å². The van der Waals surface area contributed by atoms with Crippen LogP contribution in [-0.2, 0) is 6.54 Å². The van der Waals surface area contributed by atoms with Crippen molar-refractivity contribution in [2.75, 3.05) is 0 Å². The first-order valence-corrected chi connectivity index (χ1v) is 4.17. The van der Waals surface area contributed by atoms with Crippen LogP contribution in [0.15, 0.2) is 29.3 Å². The number of aliphatic imine (C=N–C) groups is 1. The minimum Gasteiger partial charge on any atom is -0.508 e. The first kappa shape index (κ1) is 10.1. The Balaban J connectivity index is 2.67. The number of nitriles is 1. The fourth-order valence-corrected chi connectivity index (χ4v) is 0.969. The maximum Gasteiger partial charge on any atom is 0.182 e. The highest BCUT2D eigenvalue weighted by atomic mass is 16.3. The van der Waals surface area contributed by atoms with Gasteiger partial charge in [-0.25, -0.2) is 0 Å². The van der Waals surface area contributed by atoms with Gasteiger partial charge < -0.3 is 5.11 Å². The Morgan fingerprint density at radius 2 is 2.29 bits per heavy atom. The number of hydrogen-bond acceptors (Lipinski definition) is 3. The van der Waals surface area contributed by atoms with E-state index in [1.165, 1.54) is 0 Å². The molecule has 0 amide bonds. The number of para-hydroxylation sites is 1. The Hall–Kier alpha value is -2.02. The van der Waals surface area contributed by atoms with Gasteiger partial charge in [0, 0.05) is 5.56 Å². The molecule has 0 atom stereocenters. The number of phenolic OH excluding ortho intramolecular Hbond substituents is 1. The van der Waals surface area contributed by atoms with E-state index in [4.69, 9.17) is 5.26 Å². The summed E-state index contributed by atoms with van der Waals surface area (Å²) in [5.74, 6) is 0.761. The molecule has 0 heterocycles. The number of phenols is 1. The van der Waals surface area contributed by atoms with Crippen LogP contribution in [0.25, 0.3) is 0 Å². The molecule has 0 aromatic heterocycles. The number of amidine groups is 1. The van der Waals surface area contributed by atoms with Gasteiger partial charge in [0.15, 0.2) is 6.19 Å². The Morgan fingerprint density at radius 1 is 1.57 bits per heavy atom. The number of rotatable bonds is 2. The minimum absolute atomic E-state index is 0.223. The van der Waals surface area contributed by atoms with Crippen molar-refractivity contribution < 1.29 is 5.11 Å². The molecule has 0 aliphatic heterocycles. The molecule has 4 nitrogen and oxygen atoms in total. The van der Waals surface area contributed by atoms with Gasteiger partial charge in [0.1, 0.15) is 11.6 Å². The fraction of sp³-hybridized carbons (Fsp3) is 0.200. The quantitative estimate of drug-likeness (QED) is 0.319. The molecule has 0 spiro atoms. The summed E-state index contributed by atoms with van der Waals surface area (Å²) in [6, 6.07) is 6.98. The van der Waals surface area contributed by atoms with Crippen LogP contribution in [0, 0.1) is 11.5 Å². The van der Waals surface area contributed by atoms with Crippen molar-refractivity contribution in [1.82, 2.24) is 5.32 Å². The van der Waals surface area contributed by atoms with E-state index in [0.717, 1.165) is 5.56 Å². The van der Waals surface area contributed by atoms with E-state index in [0.29, 0.717) is 12.4 Å². The smallest absolute Gasteiger partial charge is 0.182 e. The van der Waals surface area contributed by atoms with Crippen LogP contribution in [0.3, 0.4) is 0 Å². The van der Waals surface area contributed by atoms with Gasteiger partial charge in [-0.15, -0.1) is 0 Å². The zero-order chi connectivity index (χ0) is 10.4. The van der Waals surface area contributed by atoms with Crippen molar-refractivity contribution in [2.45, 2.75) is 13.5 Å². The second-order valence-electron chi connectivity index (χ2n) is 2.77. The van der Waals surface area contributed by atoms with Crippen molar-refractivity contribution in [2.24, 2.45) is 4.99 Å². The molecule has 0 aliphatic carbocycles. The molecule has 2 N–H and O–H groups in total. The first-order valence-electron chi connectivity index (χ1n) is 4.17. The molecule has 0 bridgehead atoms. The lowest BCUT2D eigenvalue weighted by Crippen LogP contribution is -2.13. The number of aromatic hydroxyl groups is 1. The fourth-order valence-electron chi connectivity index (χ4n) is 0.969. The minimum atomic E-state index is 0.223. The summed E-state index contributed by atoms with van der Waals surface area (Å²) < 4.78 is 0. The zero-order valence-corrected chi connectivity index (χ0v) is 7.86. The summed E-state index contributed by atoms with van der Waals surface area (Å²) in [5.41, 5.74) is 0.742. The van der Waals surface area contributed by atoms with Gasteiger partial charge in [0.2, 0.25) is 0 Å². The zero-order valence-electron chi connectivity index (χ0n) is 7.86. The van der Waals surface area contributed by atoms with E-state index in [1.807, 2.05) is 6.07 Å². The van der Waals surface area contributed by atoms with Crippen LogP contribution in [0.4, 0.5) is 0 Å². The van der Waals surface area contributed by atoms with Gasteiger partial charge >= 0.3 is 0 Å². The third-order valence-electron chi connectivity index (χ3n) is 1.71. The molecule has 0 aliphatic rings. The van der Waals surface area contributed by atoms with E-state index in [-0.39, 0.29) is 5.75 Å². The third kappa shape index (κ3) is 2.79. The van der Waals surface area contributed by atoms with Gasteiger partial charge in [0.05, 0.1) is 6.54 Å². The molecule has 0 radical (unpaired) electrons. The summed E-state index contributed by atoms with van der Waals surface area (Å²) in [6.07, 6.45) is 1.78. The lowest BCUT2D eigenvalue weighted by Gasteiger charge is -2.00. The van der Waals surface area contributed by atoms with E-state index in [9.17, 15) is 5.11 Å². The average Bonchev–Trinajstić information content (AvgIpc) is 2.17. The van der Waals surface area contributed by atoms with Crippen LogP contribution >= 0.6 is 0 Å². The molecule has 14 heavy (non-hydrogen) atoms. The number of hydrogen-bond donors (Lipinski definition) is 2. The van der Waals surface area contributed by atoms with Crippen LogP contribution in [0.1, 0.15) is 12.5 Å². The summed E-state index contributed by atoms with van der Waals surface area (Å²) in [4.78, 5) is 4.07. The highest BCUT2D eigenvalue weighted by Gasteiger charge is 1.97. The standard InChI is InChI=1S/C10H11N3O/c1-8(13-7-11)12-6-9-4-2-3-5-10(9)14/h2-5,14H,6H2,1H3,(H,12,13). The van der Waals surface area contributed by atoms with E-state index < -0.39 is 0 Å². The van der Waals surface area contributed by atoms with E-state index >= 15 is 0 Å². The average molecular weight is 189 g/mol. The predicted molar refractivity (Wildman–Crippen MR) is 53.7 cm³/mol. The van der Waals surface area contributed by atoms with Crippen LogP contribution in [0.2, 0.25) is 0 Å². The molecule has 0 saturated heterocycles. The number of benzene rings is 1. The Bertz CT molecular complexity index is 379. The second-order valence-corrected chi connectivity index (χ2v) is 2.77.